The van der Waals surface area contributed by atoms with Crippen LogP contribution < -0.4 is 15.4 Å². The first-order chi connectivity index (χ1) is 14.0. The number of guanidine groups is 1. The highest BCUT2D eigenvalue weighted by molar-refractivity contribution is 14.0. The minimum Gasteiger partial charge on any atom is -0.476 e. The maximum Gasteiger partial charge on any atom is 0.213 e. The number of hydrogen-bond donors (Lipinski definition) is 1. The number of ether oxygens (including phenoxy) is 1. The number of piperazine rings is 1. The summed E-state index contributed by atoms with van der Waals surface area (Å²) >= 11 is 5.98. The predicted molar refractivity (Wildman–Crippen MR) is 134 cm³/mol. The van der Waals surface area contributed by atoms with Gasteiger partial charge in [-0.15, -0.1) is 24.0 Å². The third-order valence-corrected chi connectivity index (χ3v) is 5.06. The van der Waals surface area contributed by atoms with Crippen LogP contribution in [0.3, 0.4) is 0 Å². The Bertz CT molecular complexity index is 809. The smallest absolute Gasteiger partial charge is 0.213 e. The van der Waals surface area contributed by atoms with Crippen LogP contribution in [0.15, 0.2) is 47.6 Å². The second-order valence-corrected chi connectivity index (χ2v) is 7.72. The molecule has 1 saturated heterocycles. The highest BCUT2D eigenvalue weighted by Crippen LogP contribution is 2.19. The Morgan fingerprint density at radius 1 is 1.17 bits per heavy atom. The van der Waals surface area contributed by atoms with Crippen LogP contribution >= 0.6 is 35.6 Å². The number of pyridine rings is 1. The quantitative estimate of drug-likeness (QED) is 0.328. The first-order valence-corrected chi connectivity index (χ1v) is 10.2. The van der Waals surface area contributed by atoms with E-state index >= 15 is 0 Å². The largest absolute Gasteiger partial charge is 0.476 e. The molecule has 0 radical (unpaired) electrons. The molecule has 7 nitrogen and oxygen atoms in total. The van der Waals surface area contributed by atoms with Gasteiger partial charge < -0.3 is 25.2 Å². The van der Waals surface area contributed by atoms with Gasteiger partial charge in [0.1, 0.15) is 6.61 Å². The molecule has 0 spiro atoms. The van der Waals surface area contributed by atoms with Crippen LogP contribution in [0.25, 0.3) is 0 Å². The van der Waals surface area contributed by atoms with E-state index in [1.807, 2.05) is 38.4 Å². The van der Waals surface area contributed by atoms with Gasteiger partial charge in [-0.2, -0.15) is 0 Å². The number of rotatable bonds is 7. The zero-order valence-electron chi connectivity index (χ0n) is 17.5. The fourth-order valence-corrected chi connectivity index (χ4v) is 3.20. The van der Waals surface area contributed by atoms with Gasteiger partial charge in [0.2, 0.25) is 5.88 Å². The van der Waals surface area contributed by atoms with Crippen LogP contribution in [0.4, 0.5) is 5.69 Å². The topological polar surface area (TPSA) is 70.2 Å². The van der Waals surface area contributed by atoms with Crippen molar-refractivity contribution in [2.75, 3.05) is 58.3 Å². The first-order valence-electron chi connectivity index (χ1n) is 9.79. The normalized spacial score (nSPS) is 14.6. The lowest BCUT2D eigenvalue weighted by Crippen LogP contribution is -2.51. The van der Waals surface area contributed by atoms with E-state index in [2.05, 4.69) is 36.8 Å². The summed E-state index contributed by atoms with van der Waals surface area (Å²) in [6.07, 6.45) is 1.75. The van der Waals surface area contributed by atoms with E-state index < -0.39 is 0 Å². The molecule has 3 rings (SSSR count). The Kier molecular flexibility index (Phi) is 9.93. The van der Waals surface area contributed by atoms with Crippen LogP contribution in [-0.2, 0) is 6.54 Å². The van der Waals surface area contributed by atoms with Crippen molar-refractivity contribution >= 4 is 47.2 Å². The van der Waals surface area contributed by atoms with Gasteiger partial charge >= 0.3 is 0 Å². The van der Waals surface area contributed by atoms with Gasteiger partial charge in [0.05, 0.1) is 6.54 Å². The predicted octanol–water partition coefficient (Wildman–Crippen LogP) is 2.93. The molecule has 0 atom stereocenters. The van der Waals surface area contributed by atoms with E-state index in [1.54, 1.807) is 6.20 Å². The second-order valence-electron chi connectivity index (χ2n) is 7.28. The summed E-state index contributed by atoms with van der Waals surface area (Å²) in [5.41, 5.74) is 8.45. The van der Waals surface area contributed by atoms with Crippen LogP contribution in [0.5, 0.6) is 5.88 Å². The number of anilines is 1. The molecule has 1 aliphatic rings. The molecule has 9 heteroatoms. The third-order valence-electron chi connectivity index (χ3n) is 4.81. The van der Waals surface area contributed by atoms with Crippen molar-refractivity contribution in [3.63, 3.8) is 0 Å². The third kappa shape index (κ3) is 7.48. The molecule has 0 amide bonds. The molecule has 1 aliphatic heterocycles. The summed E-state index contributed by atoms with van der Waals surface area (Å²) in [7, 11) is 4.03. The second kappa shape index (κ2) is 12.2. The van der Waals surface area contributed by atoms with E-state index in [0.29, 0.717) is 25.0 Å². The minimum atomic E-state index is 0. The maximum atomic E-state index is 6.24. The molecule has 30 heavy (non-hydrogen) atoms. The SMILES string of the molecule is CN(C)CCOc1cc(CN=C(N)N2CCN(c3ccc(Cl)cc3)CC2)ccn1.I. The van der Waals surface area contributed by atoms with Crippen molar-refractivity contribution in [2.24, 2.45) is 10.7 Å². The van der Waals surface area contributed by atoms with Gasteiger partial charge in [-0.1, -0.05) is 11.6 Å². The summed E-state index contributed by atoms with van der Waals surface area (Å²) in [6, 6.07) is 11.8. The number of nitrogens with zero attached hydrogens (tertiary/aromatic N) is 5. The molecule has 2 aromatic rings. The number of halogens is 2. The summed E-state index contributed by atoms with van der Waals surface area (Å²) in [4.78, 5) is 15.4. The number of benzene rings is 1. The molecule has 164 valence electrons. The lowest BCUT2D eigenvalue weighted by Gasteiger charge is -2.36. The van der Waals surface area contributed by atoms with Crippen molar-refractivity contribution in [3.8, 4) is 5.88 Å². The highest BCUT2D eigenvalue weighted by Gasteiger charge is 2.18. The molecule has 0 saturated carbocycles. The van der Waals surface area contributed by atoms with E-state index in [0.717, 1.165) is 43.3 Å². The van der Waals surface area contributed by atoms with Crippen molar-refractivity contribution in [3.05, 3.63) is 53.2 Å². The number of hydrogen-bond acceptors (Lipinski definition) is 5. The Labute approximate surface area is 200 Å². The van der Waals surface area contributed by atoms with Gasteiger partial charge in [-0.3, -0.25) is 0 Å². The Balaban J connectivity index is 0.00000320. The van der Waals surface area contributed by atoms with Crippen molar-refractivity contribution in [1.82, 2.24) is 14.8 Å². The number of aromatic nitrogens is 1. The van der Waals surface area contributed by atoms with Crippen LogP contribution in [0.2, 0.25) is 5.02 Å². The molecule has 0 unspecified atom stereocenters. The summed E-state index contributed by atoms with van der Waals surface area (Å²) < 4.78 is 5.69. The zero-order chi connectivity index (χ0) is 20.6. The van der Waals surface area contributed by atoms with Gasteiger partial charge in [0.15, 0.2) is 5.96 Å². The lowest BCUT2D eigenvalue weighted by molar-refractivity contribution is 0.253. The lowest BCUT2D eigenvalue weighted by atomic mass is 10.2. The molecular weight excluding hydrogens is 515 g/mol. The van der Waals surface area contributed by atoms with Crippen LogP contribution in [-0.4, -0.2) is 74.2 Å². The number of likely N-dealkylation sites (N-methyl/N-ethyl adjacent to an activating group) is 1. The maximum absolute atomic E-state index is 6.24. The van der Waals surface area contributed by atoms with Crippen LogP contribution in [0, 0.1) is 0 Å². The molecule has 1 fully saturated rings. The Morgan fingerprint density at radius 3 is 2.53 bits per heavy atom. The first kappa shape index (κ1) is 24.5. The molecule has 0 bridgehead atoms. The molecule has 1 aromatic heterocycles. The average molecular weight is 545 g/mol. The average Bonchev–Trinajstić information content (AvgIpc) is 2.73. The molecular formula is C21H30ClIN6O. The van der Waals surface area contributed by atoms with Crippen molar-refractivity contribution in [2.45, 2.75) is 6.54 Å². The summed E-state index contributed by atoms with van der Waals surface area (Å²) in [5, 5.41) is 0.756. The fourth-order valence-electron chi connectivity index (χ4n) is 3.08. The molecule has 2 heterocycles. The molecule has 2 N–H and O–H groups in total. The van der Waals surface area contributed by atoms with E-state index in [-0.39, 0.29) is 24.0 Å². The van der Waals surface area contributed by atoms with E-state index in [9.17, 15) is 0 Å². The van der Waals surface area contributed by atoms with Crippen molar-refractivity contribution in [1.29, 1.82) is 0 Å². The Hall–Kier alpha value is -1.78. The molecule has 1 aromatic carbocycles. The number of aliphatic imine (C=N–C) groups is 1. The zero-order valence-corrected chi connectivity index (χ0v) is 20.6. The van der Waals surface area contributed by atoms with E-state index in [4.69, 9.17) is 22.1 Å². The fraction of sp³-hybridized carbons (Fsp3) is 0.429. The van der Waals surface area contributed by atoms with Gasteiger partial charge in [-0.05, 0) is 50.0 Å². The van der Waals surface area contributed by atoms with E-state index in [1.165, 1.54) is 5.69 Å². The van der Waals surface area contributed by atoms with Crippen molar-refractivity contribution < 1.29 is 4.74 Å². The monoisotopic (exact) mass is 544 g/mol. The van der Waals surface area contributed by atoms with Gasteiger partial charge in [-0.25, -0.2) is 9.98 Å². The molecule has 0 aliphatic carbocycles. The summed E-state index contributed by atoms with van der Waals surface area (Å²) in [5.74, 6) is 1.20. The van der Waals surface area contributed by atoms with Crippen LogP contribution in [0.1, 0.15) is 5.56 Å². The van der Waals surface area contributed by atoms with Gasteiger partial charge in [0, 0.05) is 55.7 Å². The van der Waals surface area contributed by atoms with Gasteiger partial charge in [0.25, 0.3) is 0 Å². The minimum absolute atomic E-state index is 0. The summed E-state index contributed by atoms with van der Waals surface area (Å²) in [6.45, 7) is 5.44. The number of nitrogens with two attached hydrogens (primary N) is 1. The Morgan fingerprint density at radius 2 is 1.87 bits per heavy atom. The highest BCUT2D eigenvalue weighted by atomic mass is 127. The standard InChI is InChI=1S/C21H29ClN6O.HI/c1-26(2)13-14-29-20-15-17(7-8-24-20)16-25-21(23)28-11-9-27(10-12-28)19-5-3-18(22)4-6-19;/h3-8,15H,9-14,16H2,1-2H3,(H2,23,25);1H.